The molecular weight excluding hydrogens is 392 g/mol. The van der Waals surface area contributed by atoms with Crippen LogP contribution in [0.1, 0.15) is 18.4 Å². The zero-order valence-electron chi connectivity index (χ0n) is 15.9. The lowest BCUT2D eigenvalue weighted by atomic mass is 9.97. The summed E-state index contributed by atoms with van der Waals surface area (Å²) in [5.74, 6) is -2.13. The Hall–Kier alpha value is -2.71. The molecule has 154 valence electrons. The third kappa shape index (κ3) is 5.21. The first-order valence-corrected chi connectivity index (χ1v) is 10.9. The molecule has 2 atom stereocenters. The molecule has 2 aromatic rings. The molecule has 0 unspecified atom stereocenters. The van der Waals surface area contributed by atoms with Gasteiger partial charge in [-0.15, -0.1) is 0 Å². The molecular formula is C21H24N2O5S. The van der Waals surface area contributed by atoms with Crippen LogP contribution in [0.25, 0.3) is 0 Å². The highest BCUT2D eigenvalue weighted by atomic mass is 32.2. The highest BCUT2D eigenvalue weighted by Gasteiger charge is 2.34. The van der Waals surface area contributed by atoms with Gasteiger partial charge in [0.05, 0.1) is 10.8 Å². The highest BCUT2D eigenvalue weighted by molar-refractivity contribution is 7.89. The summed E-state index contributed by atoms with van der Waals surface area (Å²) in [5.41, 5.74) is 0.803. The van der Waals surface area contributed by atoms with Gasteiger partial charge in [0.25, 0.3) is 0 Å². The van der Waals surface area contributed by atoms with E-state index < -0.39 is 33.9 Å². The molecule has 2 aromatic carbocycles. The summed E-state index contributed by atoms with van der Waals surface area (Å²) in [4.78, 5) is 24.5. The van der Waals surface area contributed by atoms with Crippen LogP contribution >= 0.6 is 0 Å². The molecule has 1 aliphatic rings. The van der Waals surface area contributed by atoms with Crippen molar-refractivity contribution in [2.45, 2.75) is 30.2 Å². The molecule has 0 saturated carbocycles. The van der Waals surface area contributed by atoms with Crippen LogP contribution in [-0.4, -0.2) is 48.8 Å². The first kappa shape index (κ1) is 21.0. The number of carboxylic acids is 1. The number of rotatable bonds is 7. The van der Waals surface area contributed by atoms with Gasteiger partial charge in [-0.2, -0.15) is 4.31 Å². The van der Waals surface area contributed by atoms with E-state index >= 15 is 0 Å². The van der Waals surface area contributed by atoms with Crippen molar-refractivity contribution in [3.63, 3.8) is 0 Å². The van der Waals surface area contributed by atoms with E-state index in [-0.39, 0.29) is 17.9 Å². The predicted octanol–water partition coefficient (Wildman–Crippen LogP) is 1.90. The molecule has 0 aliphatic carbocycles. The zero-order chi connectivity index (χ0) is 20.9. The Morgan fingerprint density at radius 3 is 2.31 bits per heavy atom. The van der Waals surface area contributed by atoms with Crippen LogP contribution in [0.4, 0.5) is 0 Å². The number of carbonyl (C=O) groups excluding carboxylic acids is 1. The fourth-order valence-corrected chi connectivity index (χ4v) is 5.00. The van der Waals surface area contributed by atoms with E-state index in [1.807, 2.05) is 18.2 Å². The Morgan fingerprint density at radius 1 is 1.07 bits per heavy atom. The summed E-state index contributed by atoms with van der Waals surface area (Å²) in [7, 11) is -3.68. The Labute approximate surface area is 170 Å². The van der Waals surface area contributed by atoms with Gasteiger partial charge >= 0.3 is 5.97 Å². The molecule has 29 heavy (non-hydrogen) atoms. The molecule has 1 fully saturated rings. The monoisotopic (exact) mass is 416 g/mol. The predicted molar refractivity (Wildman–Crippen MR) is 108 cm³/mol. The molecule has 8 heteroatoms. The molecule has 0 bridgehead atoms. The van der Waals surface area contributed by atoms with Crippen molar-refractivity contribution in [3.8, 4) is 0 Å². The lowest BCUT2D eigenvalue weighted by Crippen LogP contribution is -2.50. The fraction of sp³-hybridized carbons (Fsp3) is 0.333. The van der Waals surface area contributed by atoms with Crippen LogP contribution in [0.5, 0.6) is 0 Å². The van der Waals surface area contributed by atoms with E-state index in [1.165, 1.54) is 16.4 Å². The van der Waals surface area contributed by atoms with Gasteiger partial charge in [0.15, 0.2) is 0 Å². The lowest BCUT2D eigenvalue weighted by Gasteiger charge is -2.31. The van der Waals surface area contributed by atoms with Crippen LogP contribution in [0, 0.1) is 5.92 Å². The minimum absolute atomic E-state index is 0.0424. The van der Waals surface area contributed by atoms with Crippen LogP contribution in [0.15, 0.2) is 65.6 Å². The average molecular weight is 416 g/mol. The molecule has 7 nitrogen and oxygen atoms in total. The van der Waals surface area contributed by atoms with Crippen LogP contribution < -0.4 is 5.32 Å². The second-order valence-electron chi connectivity index (χ2n) is 7.10. The molecule has 3 rings (SSSR count). The number of nitrogens with zero attached hydrogens (tertiary/aromatic N) is 1. The van der Waals surface area contributed by atoms with Crippen molar-refractivity contribution in [2.75, 3.05) is 13.1 Å². The van der Waals surface area contributed by atoms with Gasteiger partial charge < -0.3 is 10.4 Å². The van der Waals surface area contributed by atoms with Crippen molar-refractivity contribution >= 4 is 21.9 Å². The molecule has 0 aromatic heterocycles. The highest BCUT2D eigenvalue weighted by Crippen LogP contribution is 2.24. The minimum Gasteiger partial charge on any atom is -0.480 e. The van der Waals surface area contributed by atoms with Crippen molar-refractivity contribution < 1.29 is 23.1 Å². The topological polar surface area (TPSA) is 104 Å². The smallest absolute Gasteiger partial charge is 0.326 e. The normalized spacial score (nSPS) is 18.7. The van der Waals surface area contributed by atoms with Crippen LogP contribution in [-0.2, 0) is 26.0 Å². The van der Waals surface area contributed by atoms with Gasteiger partial charge in [-0.05, 0) is 30.5 Å². The molecule has 0 spiro atoms. The Kier molecular flexibility index (Phi) is 6.66. The van der Waals surface area contributed by atoms with Crippen LogP contribution in [0.2, 0.25) is 0 Å². The molecule has 2 N–H and O–H groups in total. The average Bonchev–Trinajstić information content (AvgIpc) is 2.74. The largest absolute Gasteiger partial charge is 0.480 e. The van der Waals surface area contributed by atoms with Gasteiger partial charge in [-0.25, -0.2) is 13.2 Å². The third-order valence-electron chi connectivity index (χ3n) is 5.03. The van der Waals surface area contributed by atoms with Crippen molar-refractivity contribution in [1.82, 2.24) is 9.62 Å². The number of carbonyl (C=O) groups is 2. The molecule has 1 saturated heterocycles. The van der Waals surface area contributed by atoms with E-state index in [2.05, 4.69) is 5.32 Å². The fourth-order valence-electron chi connectivity index (χ4n) is 3.46. The van der Waals surface area contributed by atoms with Gasteiger partial charge in [0.1, 0.15) is 6.04 Å². The first-order chi connectivity index (χ1) is 13.9. The van der Waals surface area contributed by atoms with Gasteiger partial charge in [0, 0.05) is 19.5 Å². The summed E-state index contributed by atoms with van der Waals surface area (Å²) in [5, 5.41) is 12.1. The van der Waals surface area contributed by atoms with E-state index in [1.54, 1.807) is 30.3 Å². The number of amides is 1. The van der Waals surface area contributed by atoms with Gasteiger partial charge in [0.2, 0.25) is 15.9 Å². The van der Waals surface area contributed by atoms with E-state index in [0.717, 1.165) is 5.56 Å². The quantitative estimate of drug-likeness (QED) is 0.717. The van der Waals surface area contributed by atoms with Gasteiger partial charge in [-0.1, -0.05) is 48.5 Å². The number of nitrogens with one attached hydrogen (secondary N) is 1. The van der Waals surface area contributed by atoms with Crippen LogP contribution in [0.3, 0.4) is 0 Å². The molecule has 1 amide bonds. The minimum atomic E-state index is -3.68. The maximum Gasteiger partial charge on any atom is 0.326 e. The van der Waals surface area contributed by atoms with Gasteiger partial charge in [-0.3, -0.25) is 4.79 Å². The zero-order valence-corrected chi connectivity index (χ0v) is 16.7. The summed E-state index contributed by atoms with van der Waals surface area (Å²) in [6, 6.07) is 16.1. The van der Waals surface area contributed by atoms with Crippen molar-refractivity contribution in [1.29, 1.82) is 0 Å². The summed E-state index contributed by atoms with van der Waals surface area (Å²) >= 11 is 0. The number of hydrogen-bond donors (Lipinski definition) is 2. The second kappa shape index (κ2) is 9.19. The van der Waals surface area contributed by atoms with E-state index in [4.69, 9.17) is 0 Å². The molecule has 0 radical (unpaired) electrons. The number of carboxylic acid groups (broad SMARTS) is 1. The number of sulfonamides is 1. The van der Waals surface area contributed by atoms with E-state index in [0.29, 0.717) is 19.4 Å². The maximum atomic E-state index is 12.8. The summed E-state index contributed by atoms with van der Waals surface area (Å²) < 4.78 is 27.0. The third-order valence-corrected chi connectivity index (χ3v) is 6.91. The summed E-state index contributed by atoms with van der Waals surface area (Å²) in [6.07, 6.45) is 1.23. The standard InChI is InChI=1S/C21H24N2O5S/c24-20(22-19(21(25)26)14-16-8-3-1-4-9-16)17-10-7-13-23(15-17)29(27,28)18-11-5-2-6-12-18/h1-6,8-9,11-12,17,19H,7,10,13-15H2,(H,22,24)(H,25,26)/t17-,19-/m0/s1. The van der Waals surface area contributed by atoms with Crippen molar-refractivity contribution in [3.05, 3.63) is 66.2 Å². The Bertz CT molecular complexity index is 948. The molecule has 1 aliphatic heterocycles. The Balaban J connectivity index is 1.68. The second-order valence-corrected chi connectivity index (χ2v) is 9.04. The lowest BCUT2D eigenvalue weighted by molar-refractivity contribution is -0.142. The first-order valence-electron chi connectivity index (χ1n) is 9.50. The van der Waals surface area contributed by atoms with Crippen molar-refractivity contribution in [2.24, 2.45) is 5.92 Å². The summed E-state index contributed by atoms with van der Waals surface area (Å²) in [6.45, 7) is 0.383. The maximum absolute atomic E-state index is 12.8. The number of benzene rings is 2. The van der Waals surface area contributed by atoms with E-state index in [9.17, 15) is 23.1 Å². The number of aliphatic carboxylic acids is 1. The molecule has 1 heterocycles. The number of hydrogen-bond acceptors (Lipinski definition) is 4. The number of piperidine rings is 1. The SMILES string of the molecule is O=C(N[C@@H](Cc1ccccc1)C(=O)O)[C@H]1CCCN(S(=O)(=O)c2ccccc2)C1. The Morgan fingerprint density at radius 2 is 1.69 bits per heavy atom.